The van der Waals surface area contributed by atoms with Crippen molar-refractivity contribution in [2.24, 2.45) is 5.92 Å². The molecule has 0 rings (SSSR count). The summed E-state index contributed by atoms with van der Waals surface area (Å²) in [5.74, 6) is 0.277. The van der Waals surface area contributed by atoms with Crippen molar-refractivity contribution in [3.63, 3.8) is 0 Å². The minimum Gasteiger partial charge on any atom is -0.323 e. The second-order valence-electron chi connectivity index (χ2n) is 7.45. The van der Waals surface area contributed by atoms with Gasteiger partial charge in [-0.25, -0.2) is 0 Å². The summed E-state index contributed by atoms with van der Waals surface area (Å²) in [6.07, 6.45) is 15.1. The first-order valence-electron chi connectivity index (χ1n) is 10.7. The van der Waals surface area contributed by atoms with Crippen LogP contribution >= 0.6 is 0 Å². The largest absolute Gasteiger partial charge is 0.323 e. The fraction of sp³-hybridized carbons (Fsp3) is 0.783. The molecule has 0 aliphatic carbocycles. The highest BCUT2D eigenvalue weighted by Crippen LogP contribution is 2.20. The van der Waals surface area contributed by atoms with E-state index in [4.69, 9.17) is 0 Å². The van der Waals surface area contributed by atoms with Crippen molar-refractivity contribution in [2.45, 2.75) is 111 Å². The highest BCUT2D eigenvalue weighted by atomic mass is 16.2. The number of carbonyl (C=O) groups is 2. The molecule has 1 N–H and O–H groups in total. The molecule has 1 unspecified atom stereocenters. The van der Waals surface area contributed by atoms with E-state index in [1.165, 1.54) is 51.4 Å². The number of rotatable bonds is 17. The average Bonchev–Trinajstić information content (AvgIpc) is 2.62. The molecule has 0 heterocycles. The minimum atomic E-state index is 0.0682. The number of Topliss-reactive ketones (excluding diaryl/α,β-unsaturated/α-hetero) is 1. The number of amides is 1. The van der Waals surface area contributed by atoms with Crippen molar-refractivity contribution in [1.82, 2.24) is 5.32 Å². The minimum absolute atomic E-state index is 0.0682. The number of carbonyl (C=O) groups excluding carboxylic acids is 2. The quantitative estimate of drug-likeness (QED) is 0.237. The average molecular weight is 364 g/mol. The molecule has 0 aromatic heterocycles. The highest BCUT2D eigenvalue weighted by molar-refractivity contribution is 5.80. The maximum absolute atomic E-state index is 12.7. The van der Waals surface area contributed by atoms with Gasteiger partial charge < -0.3 is 10.1 Å². The Balaban J connectivity index is 4.46. The van der Waals surface area contributed by atoms with Crippen LogP contribution in [0.1, 0.15) is 111 Å². The first kappa shape index (κ1) is 24.7. The summed E-state index contributed by atoms with van der Waals surface area (Å²) in [5.41, 5.74) is 3.45. The summed E-state index contributed by atoms with van der Waals surface area (Å²) in [6, 6.07) is 0. The SMILES string of the molecule is C=C=C(CCC(C)=O)NC(=O)C(CCCCCC)CCCCCCCC. The highest BCUT2D eigenvalue weighted by Gasteiger charge is 2.18. The fourth-order valence-corrected chi connectivity index (χ4v) is 3.14. The van der Waals surface area contributed by atoms with Crippen molar-refractivity contribution in [3.05, 3.63) is 18.0 Å². The Hall–Kier alpha value is -1.34. The van der Waals surface area contributed by atoms with Crippen LogP contribution in [0.3, 0.4) is 0 Å². The van der Waals surface area contributed by atoms with E-state index >= 15 is 0 Å². The van der Waals surface area contributed by atoms with E-state index in [1.54, 1.807) is 6.92 Å². The van der Waals surface area contributed by atoms with Crippen LogP contribution in [0.2, 0.25) is 0 Å². The number of nitrogens with one attached hydrogen (secondary N) is 1. The van der Waals surface area contributed by atoms with Crippen LogP contribution in [0.4, 0.5) is 0 Å². The Bertz CT molecular complexity index is 435. The van der Waals surface area contributed by atoms with Gasteiger partial charge in [-0.15, -0.1) is 5.73 Å². The van der Waals surface area contributed by atoms with Gasteiger partial charge >= 0.3 is 0 Å². The van der Waals surface area contributed by atoms with Crippen LogP contribution in [-0.4, -0.2) is 11.7 Å². The summed E-state index contributed by atoms with van der Waals surface area (Å²) in [7, 11) is 0. The predicted octanol–water partition coefficient (Wildman–Crippen LogP) is 6.48. The Kier molecular flexibility index (Phi) is 16.2. The number of unbranched alkanes of at least 4 members (excludes halogenated alkanes) is 8. The molecule has 0 aromatic carbocycles. The lowest BCUT2D eigenvalue weighted by molar-refractivity contribution is -0.125. The molecule has 1 amide bonds. The molecule has 0 aliphatic heterocycles. The number of ketones is 1. The Morgan fingerprint density at radius 2 is 1.35 bits per heavy atom. The molecule has 0 fully saturated rings. The molecule has 0 radical (unpaired) electrons. The molecule has 150 valence electrons. The lowest BCUT2D eigenvalue weighted by Crippen LogP contribution is -2.30. The van der Waals surface area contributed by atoms with Crippen molar-refractivity contribution in [2.75, 3.05) is 0 Å². The van der Waals surface area contributed by atoms with Gasteiger partial charge in [0, 0.05) is 18.8 Å². The summed E-state index contributed by atoms with van der Waals surface area (Å²) in [5, 5.41) is 2.98. The van der Waals surface area contributed by atoms with E-state index in [1.807, 2.05) is 0 Å². The standard InChI is InChI=1S/C23H41NO2/c1-5-8-10-12-13-15-17-21(16-14-11-9-6-2)23(26)24-22(7-3)19-18-20(4)25/h21H,3,5-6,8-19H2,1-2,4H3,(H,24,26). The third-order valence-corrected chi connectivity index (χ3v) is 4.90. The summed E-state index contributed by atoms with van der Waals surface area (Å²) in [6.45, 7) is 9.66. The van der Waals surface area contributed by atoms with Gasteiger partial charge in [0.2, 0.25) is 5.91 Å². The van der Waals surface area contributed by atoms with E-state index in [2.05, 4.69) is 31.5 Å². The first-order chi connectivity index (χ1) is 12.5. The van der Waals surface area contributed by atoms with Gasteiger partial charge in [-0.2, -0.15) is 0 Å². The topological polar surface area (TPSA) is 46.2 Å². The smallest absolute Gasteiger partial charge is 0.227 e. The van der Waals surface area contributed by atoms with Gasteiger partial charge in [0.25, 0.3) is 0 Å². The lowest BCUT2D eigenvalue weighted by atomic mass is 9.93. The van der Waals surface area contributed by atoms with Crippen LogP contribution in [0.15, 0.2) is 18.0 Å². The summed E-state index contributed by atoms with van der Waals surface area (Å²) in [4.78, 5) is 23.9. The van der Waals surface area contributed by atoms with Crippen molar-refractivity contribution in [1.29, 1.82) is 0 Å². The monoisotopic (exact) mass is 363 g/mol. The first-order valence-corrected chi connectivity index (χ1v) is 10.7. The Morgan fingerprint density at radius 1 is 0.846 bits per heavy atom. The van der Waals surface area contributed by atoms with Gasteiger partial charge in [0.15, 0.2) is 0 Å². The van der Waals surface area contributed by atoms with E-state index < -0.39 is 0 Å². The van der Waals surface area contributed by atoms with Crippen molar-refractivity contribution >= 4 is 11.7 Å². The second-order valence-corrected chi connectivity index (χ2v) is 7.45. The van der Waals surface area contributed by atoms with Crippen LogP contribution in [0.5, 0.6) is 0 Å². The molecule has 0 bridgehead atoms. The van der Waals surface area contributed by atoms with Gasteiger partial charge in [-0.1, -0.05) is 84.6 Å². The third-order valence-electron chi connectivity index (χ3n) is 4.90. The number of hydrogen-bond acceptors (Lipinski definition) is 2. The van der Waals surface area contributed by atoms with E-state index in [0.29, 0.717) is 18.5 Å². The zero-order valence-corrected chi connectivity index (χ0v) is 17.5. The maximum atomic E-state index is 12.7. The molecule has 0 saturated heterocycles. The maximum Gasteiger partial charge on any atom is 0.227 e. The van der Waals surface area contributed by atoms with Crippen LogP contribution in [-0.2, 0) is 9.59 Å². The zero-order chi connectivity index (χ0) is 19.6. The van der Waals surface area contributed by atoms with Gasteiger partial charge in [0.1, 0.15) is 5.78 Å². The molecular formula is C23H41NO2. The zero-order valence-electron chi connectivity index (χ0n) is 17.5. The summed E-state index contributed by atoms with van der Waals surface area (Å²) >= 11 is 0. The molecule has 0 saturated carbocycles. The van der Waals surface area contributed by atoms with Crippen molar-refractivity contribution < 1.29 is 9.59 Å². The lowest BCUT2D eigenvalue weighted by Gasteiger charge is -2.17. The molecular weight excluding hydrogens is 322 g/mol. The molecule has 1 atom stereocenters. The summed E-state index contributed by atoms with van der Waals surface area (Å²) < 4.78 is 0. The van der Waals surface area contributed by atoms with E-state index in [0.717, 1.165) is 25.7 Å². The third kappa shape index (κ3) is 13.9. The van der Waals surface area contributed by atoms with Crippen LogP contribution in [0, 0.1) is 5.92 Å². The van der Waals surface area contributed by atoms with Crippen LogP contribution < -0.4 is 5.32 Å². The number of hydrogen-bond donors (Lipinski definition) is 1. The van der Waals surface area contributed by atoms with Crippen LogP contribution in [0.25, 0.3) is 0 Å². The Morgan fingerprint density at radius 3 is 1.85 bits per heavy atom. The Labute approximate surface area is 161 Å². The fourth-order valence-electron chi connectivity index (χ4n) is 3.14. The molecule has 0 aromatic rings. The molecule has 0 aliphatic rings. The second kappa shape index (κ2) is 17.1. The molecule has 3 heteroatoms. The number of allylic oxidation sites excluding steroid dienone is 1. The molecule has 0 spiro atoms. The van der Waals surface area contributed by atoms with E-state index in [-0.39, 0.29) is 17.6 Å². The van der Waals surface area contributed by atoms with Gasteiger partial charge in [-0.05, 0) is 19.8 Å². The normalized spacial score (nSPS) is 11.7. The molecule has 26 heavy (non-hydrogen) atoms. The van der Waals surface area contributed by atoms with Crippen molar-refractivity contribution in [3.8, 4) is 0 Å². The molecule has 3 nitrogen and oxygen atoms in total. The van der Waals surface area contributed by atoms with Gasteiger partial charge in [0.05, 0.1) is 5.70 Å². The van der Waals surface area contributed by atoms with Gasteiger partial charge in [-0.3, -0.25) is 4.79 Å². The van der Waals surface area contributed by atoms with E-state index in [9.17, 15) is 9.59 Å². The predicted molar refractivity (Wildman–Crippen MR) is 111 cm³/mol.